The van der Waals surface area contributed by atoms with E-state index in [1.54, 1.807) is 0 Å². The molecular formula is C19H30O2. The summed E-state index contributed by atoms with van der Waals surface area (Å²) in [6, 6.07) is 0. The van der Waals surface area contributed by atoms with Crippen molar-refractivity contribution in [2.45, 2.75) is 71.3 Å². The number of carbonyl (C=O) groups is 1. The summed E-state index contributed by atoms with van der Waals surface area (Å²) in [5, 5.41) is 10.5. The van der Waals surface area contributed by atoms with Crippen LogP contribution in [0.4, 0.5) is 0 Å². The van der Waals surface area contributed by atoms with Crippen molar-refractivity contribution in [3.63, 3.8) is 0 Å². The van der Waals surface area contributed by atoms with E-state index in [0.29, 0.717) is 11.7 Å². The molecule has 4 rings (SSSR count). The van der Waals surface area contributed by atoms with E-state index >= 15 is 0 Å². The van der Waals surface area contributed by atoms with Gasteiger partial charge in [-0.1, -0.05) is 13.8 Å². The highest BCUT2D eigenvalue weighted by molar-refractivity contribution is 5.79. The molecule has 4 saturated carbocycles. The summed E-state index contributed by atoms with van der Waals surface area (Å²) in [7, 11) is 0. The zero-order valence-electron chi connectivity index (χ0n) is 13.6. The van der Waals surface area contributed by atoms with Crippen molar-refractivity contribution in [3.05, 3.63) is 0 Å². The van der Waals surface area contributed by atoms with E-state index in [4.69, 9.17) is 0 Å². The number of carbonyl (C=O) groups excluding carboxylic acids is 1. The van der Waals surface area contributed by atoms with Crippen LogP contribution in [0.2, 0.25) is 0 Å². The maximum atomic E-state index is 11.8. The minimum Gasteiger partial charge on any atom is -0.393 e. The lowest BCUT2D eigenvalue weighted by molar-refractivity contribution is -0.132. The standard InChI is InChI=1S/C19H30O2/c1-11-9-12-10-13(20)3-4-14(12)15-7-8-19(2)16(18(11)15)5-6-17(19)21/h11-12,14-18,21H,3-10H2,1-2H3/t11-,12+,14+,15-,16+,17+,18-,19+/m1/s1. The molecule has 4 aliphatic carbocycles. The molecule has 0 spiro atoms. The minimum atomic E-state index is -0.0682. The van der Waals surface area contributed by atoms with E-state index < -0.39 is 0 Å². The highest BCUT2D eigenvalue weighted by atomic mass is 16.3. The van der Waals surface area contributed by atoms with Crippen LogP contribution in [-0.4, -0.2) is 17.0 Å². The molecule has 2 heteroatoms. The van der Waals surface area contributed by atoms with Crippen molar-refractivity contribution in [1.29, 1.82) is 0 Å². The molecule has 0 bridgehead atoms. The predicted molar refractivity (Wildman–Crippen MR) is 82.7 cm³/mol. The minimum absolute atomic E-state index is 0.0682. The van der Waals surface area contributed by atoms with Crippen molar-refractivity contribution in [1.82, 2.24) is 0 Å². The number of aliphatic hydroxyl groups is 1. The molecule has 118 valence electrons. The number of hydrogen-bond donors (Lipinski definition) is 1. The normalized spacial score (nSPS) is 56.5. The zero-order valence-corrected chi connectivity index (χ0v) is 13.6. The molecule has 4 fully saturated rings. The van der Waals surface area contributed by atoms with E-state index in [1.807, 2.05) is 0 Å². The van der Waals surface area contributed by atoms with Crippen molar-refractivity contribution in [2.75, 3.05) is 0 Å². The fourth-order valence-electron chi connectivity index (χ4n) is 7.08. The molecule has 0 aromatic heterocycles. The third-order valence-electron chi connectivity index (χ3n) is 8.07. The summed E-state index contributed by atoms with van der Waals surface area (Å²) < 4.78 is 0. The third-order valence-corrected chi connectivity index (χ3v) is 8.07. The second-order valence-corrected chi connectivity index (χ2v) is 8.90. The summed E-state index contributed by atoms with van der Waals surface area (Å²) in [5.74, 6) is 5.14. The Labute approximate surface area is 128 Å². The fourth-order valence-corrected chi connectivity index (χ4v) is 7.08. The van der Waals surface area contributed by atoms with Crippen molar-refractivity contribution in [2.24, 2.45) is 40.9 Å². The Kier molecular flexibility index (Phi) is 3.26. The smallest absolute Gasteiger partial charge is 0.133 e. The lowest BCUT2D eigenvalue weighted by Gasteiger charge is -2.57. The zero-order chi connectivity index (χ0) is 14.8. The number of fused-ring (bicyclic) bond motifs is 5. The van der Waals surface area contributed by atoms with E-state index in [9.17, 15) is 9.90 Å². The van der Waals surface area contributed by atoms with Gasteiger partial charge in [-0.2, -0.15) is 0 Å². The topological polar surface area (TPSA) is 37.3 Å². The number of aliphatic hydroxyl groups excluding tert-OH is 1. The van der Waals surface area contributed by atoms with Gasteiger partial charge in [-0.15, -0.1) is 0 Å². The first-order valence-electron chi connectivity index (χ1n) is 9.20. The Morgan fingerprint density at radius 2 is 1.95 bits per heavy atom. The number of hydrogen-bond acceptors (Lipinski definition) is 2. The van der Waals surface area contributed by atoms with E-state index in [0.717, 1.165) is 55.3 Å². The average molecular weight is 290 g/mol. The Bertz CT molecular complexity index is 445. The van der Waals surface area contributed by atoms with Gasteiger partial charge in [0.2, 0.25) is 0 Å². The Morgan fingerprint density at radius 3 is 2.76 bits per heavy atom. The summed E-state index contributed by atoms with van der Waals surface area (Å²) in [6.07, 6.45) is 8.82. The molecular weight excluding hydrogens is 260 g/mol. The molecule has 8 atom stereocenters. The lowest BCUT2D eigenvalue weighted by Crippen LogP contribution is -2.52. The highest BCUT2D eigenvalue weighted by Crippen LogP contribution is 2.63. The van der Waals surface area contributed by atoms with Gasteiger partial charge in [0.05, 0.1) is 6.10 Å². The van der Waals surface area contributed by atoms with Crippen LogP contribution >= 0.6 is 0 Å². The van der Waals surface area contributed by atoms with Crippen molar-refractivity contribution < 1.29 is 9.90 Å². The molecule has 0 aliphatic heterocycles. The highest BCUT2D eigenvalue weighted by Gasteiger charge is 2.58. The second-order valence-electron chi connectivity index (χ2n) is 8.90. The van der Waals surface area contributed by atoms with Gasteiger partial charge in [0.15, 0.2) is 0 Å². The monoisotopic (exact) mass is 290 g/mol. The molecule has 4 aliphatic rings. The Hall–Kier alpha value is -0.370. The summed E-state index contributed by atoms with van der Waals surface area (Å²) in [4.78, 5) is 11.8. The van der Waals surface area contributed by atoms with Crippen LogP contribution in [0.15, 0.2) is 0 Å². The van der Waals surface area contributed by atoms with Crippen LogP contribution in [0.25, 0.3) is 0 Å². The van der Waals surface area contributed by atoms with Crippen LogP contribution in [0, 0.1) is 40.9 Å². The van der Waals surface area contributed by atoms with Gasteiger partial charge in [-0.3, -0.25) is 4.79 Å². The van der Waals surface area contributed by atoms with Crippen LogP contribution in [-0.2, 0) is 4.79 Å². The molecule has 0 amide bonds. The Balaban J connectivity index is 1.63. The molecule has 0 radical (unpaired) electrons. The third kappa shape index (κ3) is 1.97. The van der Waals surface area contributed by atoms with E-state index in [-0.39, 0.29) is 11.5 Å². The summed E-state index contributed by atoms with van der Waals surface area (Å²) >= 11 is 0. The lowest BCUT2D eigenvalue weighted by atomic mass is 9.48. The molecule has 0 heterocycles. The van der Waals surface area contributed by atoms with Gasteiger partial charge in [0.25, 0.3) is 0 Å². The van der Waals surface area contributed by atoms with Gasteiger partial charge >= 0.3 is 0 Å². The maximum Gasteiger partial charge on any atom is 0.133 e. The number of rotatable bonds is 0. The molecule has 0 aromatic carbocycles. The molecule has 2 nitrogen and oxygen atoms in total. The first-order valence-corrected chi connectivity index (χ1v) is 9.20. The number of ketones is 1. The molecule has 0 saturated heterocycles. The largest absolute Gasteiger partial charge is 0.393 e. The average Bonchev–Trinajstić information content (AvgIpc) is 2.74. The van der Waals surface area contributed by atoms with Crippen LogP contribution in [0.3, 0.4) is 0 Å². The second kappa shape index (κ2) is 4.81. The summed E-state index contributed by atoms with van der Waals surface area (Å²) in [6.45, 7) is 4.79. The first kappa shape index (κ1) is 14.2. The van der Waals surface area contributed by atoms with Crippen LogP contribution in [0.5, 0.6) is 0 Å². The Morgan fingerprint density at radius 1 is 1.14 bits per heavy atom. The van der Waals surface area contributed by atoms with Gasteiger partial charge < -0.3 is 5.11 Å². The van der Waals surface area contributed by atoms with Gasteiger partial charge in [0, 0.05) is 12.8 Å². The van der Waals surface area contributed by atoms with E-state index in [1.165, 1.54) is 25.7 Å². The summed E-state index contributed by atoms with van der Waals surface area (Å²) in [5.41, 5.74) is 0.187. The molecule has 0 aromatic rings. The SMILES string of the molecule is C[C@@H]1C[C@H]2CC(=O)CC[C@@H]2[C@H]2CC[C@]3(C)[C@@H](O)CC[C@H]3[C@@H]21. The van der Waals surface area contributed by atoms with Gasteiger partial charge in [-0.05, 0) is 79.4 Å². The molecule has 21 heavy (non-hydrogen) atoms. The van der Waals surface area contributed by atoms with Crippen molar-refractivity contribution >= 4 is 5.78 Å². The molecule has 0 unspecified atom stereocenters. The maximum absolute atomic E-state index is 11.8. The number of Topliss-reactive ketones (excluding diaryl/α,β-unsaturated/α-hetero) is 1. The first-order chi connectivity index (χ1) is 10.0. The van der Waals surface area contributed by atoms with Crippen molar-refractivity contribution in [3.8, 4) is 0 Å². The van der Waals surface area contributed by atoms with Gasteiger partial charge in [0.1, 0.15) is 5.78 Å². The van der Waals surface area contributed by atoms with Gasteiger partial charge in [-0.25, -0.2) is 0 Å². The molecule has 1 N–H and O–H groups in total. The fraction of sp³-hybridized carbons (Fsp3) is 0.947. The van der Waals surface area contributed by atoms with E-state index in [2.05, 4.69) is 13.8 Å². The van der Waals surface area contributed by atoms with Crippen LogP contribution < -0.4 is 0 Å². The quantitative estimate of drug-likeness (QED) is 0.736. The van der Waals surface area contributed by atoms with Crippen LogP contribution in [0.1, 0.15) is 65.2 Å². The predicted octanol–water partition coefficient (Wildman–Crippen LogP) is 3.82.